The highest BCUT2D eigenvalue weighted by Crippen LogP contribution is 2.35. The van der Waals surface area contributed by atoms with E-state index in [4.69, 9.17) is 16.2 Å². The van der Waals surface area contributed by atoms with Crippen molar-refractivity contribution in [1.29, 1.82) is 5.26 Å². The number of nitrogens with zero attached hydrogens (tertiary/aromatic N) is 7. The smallest absolute Gasteiger partial charge is 0.270 e. The van der Waals surface area contributed by atoms with E-state index in [1.165, 1.54) is 58.7 Å². The van der Waals surface area contributed by atoms with E-state index < -0.39 is 40.8 Å². The first-order valence-electron chi connectivity index (χ1n) is 12.8. The molecule has 4 N–H and O–H groups in total. The number of amides is 1. The van der Waals surface area contributed by atoms with E-state index in [0.29, 0.717) is 0 Å². The van der Waals surface area contributed by atoms with Crippen molar-refractivity contribution in [2.75, 3.05) is 5.73 Å². The third-order valence-corrected chi connectivity index (χ3v) is 6.25. The molecule has 0 bridgehead atoms. The Morgan fingerprint density at radius 1 is 1.19 bits per heavy atom. The number of allylic oxidation sites excluding steroid dienone is 1. The zero-order chi connectivity index (χ0) is 30.9. The molecule has 0 fully saturated rings. The topological polar surface area (TPSA) is 161 Å². The number of hydrogen-bond donors (Lipinski definition) is 2. The van der Waals surface area contributed by atoms with Gasteiger partial charge in [-0.25, -0.2) is 23.4 Å². The maximum Gasteiger partial charge on any atom is 0.270 e. The highest BCUT2D eigenvalue weighted by atomic mass is 19.2. The lowest BCUT2D eigenvalue weighted by Crippen LogP contribution is -2.41. The first-order chi connectivity index (χ1) is 20.5. The molecule has 0 saturated heterocycles. The first-order valence-corrected chi connectivity index (χ1v) is 12.8. The molecule has 2 aromatic heterocycles. The van der Waals surface area contributed by atoms with E-state index in [0.717, 1.165) is 12.1 Å². The second-order valence-electron chi connectivity index (χ2n) is 10.1. The van der Waals surface area contributed by atoms with Crippen molar-refractivity contribution in [2.24, 2.45) is 10.7 Å². The highest BCUT2D eigenvalue weighted by molar-refractivity contribution is 5.99. The van der Waals surface area contributed by atoms with Gasteiger partial charge in [-0.15, -0.1) is 0 Å². The average molecular weight is 588 g/mol. The molecule has 2 aromatic carbocycles. The summed E-state index contributed by atoms with van der Waals surface area (Å²) in [6.07, 6.45) is 6.24. The number of rotatable bonds is 7. The Hall–Kier alpha value is -5.55. The summed E-state index contributed by atoms with van der Waals surface area (Å²) in [5.74, 6) is -4.22. The van der Waals surface area contributed by atoms with Gasteiger partial charge in [-0.05, 0) is 50.3 Å². The van der Waals surface area contributed by atoms with Gasteiger partial charge >= 0.3 is 0 Å². The molecule has 1 aliphatic heterocycles. The van der Waals surface area contributed by atoms with Gasteiger partial charge in [0.25, 0.3) is 5.91 Å². The molecule has 0 spiro atoms. The number of aromatic nitrogens is 4. The minimum atomic E-state index is -1.21. The van der Waals surface area contributed by atoms with Crippen LogP contribution in [0.25, 0.3) is 22.3 Å². The van der Waals surface area contributed by atoms with Gasteiger partial charge in [0, 0.05) is 29.6 Å². The first kappa shape index (κ1) is 29.0. The molecule has 1 amide bonds. The molecule has 43 heavy (non-hydrogen) atoms. The number of carbonyl (C=O) groups is 1. The fourth-order valence-electron chi connectivity index (χ4n) is 4.38. The molecule has 0 saturated carbocycles. The van der Waals surface area contributed by atoms with Gasteiger partial charge in [0.15, 0.2) is 17.2 Å². The van der Waals surface area contributed by atoms with Crippen LogP contribution < -0.4 is 16.2 Å². The van der Waals surface area contributed by atoms with Crippen molar-refractivity contribution in [1.82, 2.24) is 24.6 Å². The predicted molar refractivity (Wildman–Crippen MR) is 152 cm³/mol. The number of nitrogen functional groups attached to an aromatic ring is 1. The average Bonchev–Trinajstić information content (AvgIpc) is 3.33. The Balaban J connectivity index is 1.50. The largest absolute Gasteiger partial charge is 0.454 e. The van der Waals surface area contributed by atoms with Crippen molar-refractivity contribution in [3.63, 3.8) is 0 Å². The zero-order valence-corrected chi connectivity index (χ0v) is 22.9. The Labute approximate surface area is 243 Å². The Kier molecular flexibility index (Phi) is 7.66. The van der Waals surface area contributed by atoms with E-state index in [1.54, 1.807) is 19.9 Å². The number of fused-ring (bicyclic) bond motifs is 1. The van der Waals surface area contributed by atoms with Crippen LogP contribution in [0.4, 0.5) is 19.0 Å². The van der Waals surface area contributed by atoms with Crippen molar-refractivity contribution in [3.8, 4) is 28.8 Å². The van der Waals surface area contributed by atoms with Crippen LogP contribution in [0.15, 0.2) is 71.6 Å². The second kappa shape index (κ2) is 11.4. The standard InChI is InChI=1S/C29H24F3N9O2/c1-29(2,35)12-16(13-33)28(42)40-10-4-9-36-22(40)14-41-27-23(26(34)37-15-38-27)25(39-41)18-8-7-17(11-20(18)31)43-21-6-3-5-19(30)24(21)32/h3-12,15,22H,14,35H2,1-2H3,(H2,34,37,38)/t22-/m0/s1. The number of hydrogen-bond acceptors (Lipinski definition) is 9. The number of ether oxygens (including phenoxy) is 1. The summed E-state index contributed by atoms with van der Waals surface area (Å²) in [6, 6.07) is 8.99. The molecule has 4 aromatic rings. The summed E-state index contributed by atoms with van der Waals surface area (Å²) in [5.41, 5.74) is 11.4. The van der Waals surface area contributed by atoms with E-state index in [-0.39, 0.29) is 46.0 Å². The SMILES string of the molecule is CC(C)(N)C=C(C#N)C(=O)N1C=CC=N[C@@H]1Cn1nc(-c2ccc(Oc3cccc(F)c3F)cc2F)c2c(N)ncnc21. The molecule has 1 aliphatic rings. The minimum Gasteiger partial charge on any atom is -0.454 e. The lowest BCUT2D eigenvalue weighted by molar-refractivity contribution is -0.126. The third-order valence-electron chi connectivity index (χ3n) is 6.25. The van der Waals surface area contributed by atoms with Gasteiger partial charge in [-0.3, -0.25) is 14.7 Å². The molecule has 3 heterocycles. The number of nitrogens with two attached hydrogens (primary N) is 2. The molecule has 14 heteroatoms. The highest BCUT2D eigenvalue weighted by Gasteiger charge is 2.29. The van der Waals surface area contributed by atoms with Gasteiger partial charge in [-0.1, -0.05) is 6.07 Å². The van der Waals surface area contributed by atoms with Crippen LogP contribution in [0.1, 0.15) is 13.8 Å². The van der Waals surface area contributed by atoms with Crippen molar-refractivity contribution >= 4 is 29.0 Å². The van der Waals surface area contributed by atoms with Crippen LogP contribution in [-0.4, -0.2) is 48.5 Å². The van der Waals surface area contributed by atoms with E-state index >= 15 is 4.39 Å². The summed E-state index contributed by atoms with van der Waals surface area (Å²) < 4.78 is 49.9. The monoisotopic (exact) mass is 587 g/mol. The van der Waals surface area contributed by atoms with Crippen molar-refractivity contribution in [3.05, 3.63) is 84.1 Å². The molecule has 11 nitrogen and oxygen atoms in total. The number of halogens is 3. The van der Waals surface area contributed by atoms with Crippen LogP contribution in [0.5, 0.6) is 11.5 Å². The Bertz CT molecular complexity index is 1870. The van der Waals surface area contributed by atoms with E-state index in [2.05, 4.69) is 20.1 Å². The van der Waals surface area contributed by atoms with Crippen LogP contribution >= 0.6 is 0 Å². The zero-order valence-electron chi connectivity index (χ0n) is 22.9. The Morgan fingerprint density at radius 2 is 1.98 bits per heavy atom. The summed E-state index contributed by atoms with van der Waals surface area (Å²) in [5, 5.41) is 14.4. The maximum absolute atomic E-state index is 15.5. The van der Waals surface area contributed by atoms with E-state index in [1.807, 2.05) is 6.07 Å². The summed E-state index contributed by atoms with van der Waals surface area (Å²) in [6.45, 7) is 3.25. The molecular formula is C29H24F3N9O2. The predicted octanol–water partition coefficient (Wildman–Crippen LogP) is 4.23. The molecule has 0 radical (unpaired) electrons. The number of aliphatic imine (C=N–C) groups is 1. The van der Waals surface area contributed by atoms with Gasteiger partial charge < -0.3 is 16.2 Å². The number of carbonyl (C=O) groups excluding carboxylic acids is 1. The summed E-state index contributed by atoms with van der Waals surface area (Å²) in [7, 11) is 0. The number of anilines is 1. The quantitative estimate of drug-likeness (QED) is 0.240. The van der Waals surface area contributed by atoms with Crippen LogP contribution in [-0.2, 0) is 11.3 Å². The third kappa shape index (κ3) is 5.92. The molecule has 0 aliphatic carbocycles. The van der Waals surface area contributed by atoms with E-state index in [9.17, 15) is 18.8 Å². The lowest BCUT2D eigenvalue weighted by Gasteiger charge is -2.28. The van der Waals surface area contributed by atoms with Gasteiger partial charge in [0.2, 0.25) is 5.82 Å². The summed E-state index contributed by atoms with van der Waals surface area (Å²) in [4.78, 5) is 27.2. The van der Waals surface area contributed by atoms with Crippen LogP contribution in [0.3, 0.4) is 0 Å². The molecule has 5 rings (SSSR count). The van der Waals surface area contributed by atoms with Gasteiger partial charge in [0.05, 0.1) is 11.9 Å². The van der Waals surface area contributed by atoms with Crippen molar-refractivity contribution in [2.45, 2.75) is 32.1 Å². The molecular weight excluding hydrogens is 563 g/mol. The number of nitriles is 1. The Morgan fingerprint density at radius 3 is 2.70 bits per heavy atom. The maximum atomic E-state index is 15.5. The fourth-order valence-corrected chi connectivity index (χ4v) is 4.38. The fraction of sp³-hybridized carbons (Fsp3) is 0.172. The minimum absolute atomic E-state index is 0.00262. The number of benzene rings is 2. The molecule has 1 atom stereocenters. The van der Waals surface area contributed by atoms with Gasteiger partial charge in [0.1, 0.15) is 47.2 Å². The lowest BCUT2D eigenvalue weighted by atomic mass is 10.0. The summed E-state index contributed by atoms with van der Waals surface area (Å²) >= 11 is 0. The van der Waals surface area contributed by atoms with Crippen molar-refractivity contribution < 1.29 is 22.7 Å². The van der Waals surface area contributed by atoms with Gasteiger partial charge in [-0.2, -0.15) is 14.8 Å². The second-order valence-corrected chi connectivity index (χ2v) is 10.1. The van der Waals surface area contributed by atoms with Crippen LogP contribution in [0, 0.1) is 28.8 Å². The molecule has 218 valence electrons. The normalized spacial score (nSPS) is 15.1. The molecule has 0 unspecified atom stereocenters. The van der Waals surface area contributed by atoms with Crippen LogP contribution in [0.2, 0.25) is 0 Å².